The van der Waals surface area contributed by atoms with Crippen molar-refractivity contribution in [3.8, 4) is 0 Å². The number of likely N-dealkylation sites (tertiary alicyclic amines) is 1. The van der Waals surface area contributed by atoms with Crippen molar-refractivity contribution in [1.82, 2.24) is 9.80 Å². The van der Waals surface area contributed by atoms with Gasteiger partial charge in [-0.25, -0.2) is 9.59 Å². The van der Waals surface area contributed by atoms with Crippen LogP contribution in [0.5, 0.6) is 0 Å². The normalized spacial score (nSPS) is 33.2. The number of carbonyl (C=O) groups is 2. The van der Waals surface area contributed by atoms with Crippen LogP contribution in [-0.4, -0.2) is 68.4 Å². The molecule has 17 heavy (non-hydrogen) atoms. The number of aliphatic hydroxyl groups excluding tert-OH is 1. The first-order chi connectivity index (χ1) is 8.00. The fraction of sp³-hybridized carbons (Fsp3) is 0.800. The Labute approximate surface area is 104 Å². The number of thioether (sulfide) groups is 1. The summed E-state index contributed by atoms with van der Waals surface area (Å²) in [6.45, 7) is 2.64. The van der Waals surface area contributed by atoms with Gasteiger partial charge in [-0.05, 0) is 13.3 Å². The highest BCUT2D eigenvalue weighted by molar-refractivity contribution is 8.00. The first kappa shape index (κ1) is 12.5. The molecule has 2 aliphatic heterocycles. The van der Waals surface area contributed by atoms with E-state index in [9.17, 15) is 14.7 Å². The molecule has 0 saturated carbocycles. The lowest BCUT2D eigenvalue weighted by atomic mass is 10.3. The number of aliphatic carboxylic acids is 1. The molecule has 3 unspecified atom stereocenters. The average Bonchev–Trinajstić information content (AvgIpc) is 2.83. The number of hydrogen-bond acceptors (Lipinski definition) is 4. The molecule has 96 valence electrons. The van der Waals surface area contributed by atoms with E-state index in [0.717, 1.165) is 0 Å². The monoisotopic (exact) mass is 260 g/mol. The van der Waals surface area contributed by atoms with E-state index in [1.165, 1.54) is 21.6 Å². The van der Waals surface area contributed by atoms with Crippen molar-refractivity contribution in [2.75, 3.05) is 18.8 Å². The van der Waals surface area contributed by atoms with Crippen LogP contribution in [0.15, 0.2) is 0 Å². The minimum absolute atomic E-state index is 0.124. The number of hydrogen-bond donors (Lipinski definition) is 2. The number of nitrogens with zero attached hydrogens (tertiary/aromatic N) is 2. The number of amides is 2. The van der Waals surface area contributed by atoms with Gasteiger partial charge in [-0.3, -0.25) is 4.90 Å². The van der Waals surface area contributed by atoms with Gasteiger partial charge in [0.25, 0.3) is 0 Å². The summed E-state index contributed by atoms with van der Waals surface area (Å²) in [6, 6.07) is -1.02. The fourth-order valence-corrected chi connectivity index (χ4v) is 3.36. The summed E-state index contributed by atoms with van der Waals surface area (Å²) in [5.41, 5.74) is 0. The summed E-state index contributed by atoms with van der Waals surface area (Å²) >= 11 is 1.46. The highest BCUT2D eigenvalue weighted by Crippen LogP contribution is 2.30. The van der Waals surface area contributed by atoms with Crippen molar-refractivity contribution in [2.45, 2.75) is 30.9 Å². The second-order valence-electron chi connectivity index (χ2n) is 4.37. The molecule has 0 aromatic heterocycles. The van der Waals surface area contributed by atoms with Gasteiger partial charge < -0.3 is 15.1 Å². The Morgan fingerprint density at radius 3 is 2.65 bits per heavy atom. The Morgan fingerprint density at radius 1 is 1.41 bits per heavy atom. The largest absolute Gasteiger partial charge is 0.480 e. The van der Waals surface area contributed by atoms with Gasteiger partial charge in [0, 0.05) is 18.8 Å². The van der Waals surface area contributed by atoms with Crippen molar-refractivity contribution in [1.29, 1.82) is 0 Å². The van der Waals surface area contributed by atoms with Crippen LogP contribution in [0.3, 0.4) is 0 Å². The molecular formula is C10H16N2O4S. The summed E-state index contributed by atoms with van der Waals surface area (Å²) in [4.78, 5) is 26.2. The Bertz CT molecular complexity index is 338. The second kappa shape index (κ2) is 4.73. The van der Waals surface area contributed by atoms with E-state index in [0.29, 0.717) is 25.3 Å². The van der Waals surface area contributed by atoms with Crippen molar-refractivity contribution in [3.05, 3.63) is 0 Å². The third-order valence-corrected chi connectivity index (χ3v) is 4.38. The van der Waals surface area contributed by atoms with Crippen LogP contribution in [0, 0.1) is 0 Å². The molecule has 6 nitrogen and oxygen atoms in total. The molecule has 3 atom stereocenters. The van der Waals surface area contributed by atoms with Crippen molar-refractivity contribution >= 4 is 23.8 Å². The molecule has 0 bridgehead atoms. The summed E-state index contributed by atoms with van der Waals surface area (Å²) in [6.07, 6.45) is 0.0894. The zero-order valence-electron chi connectivity index (χ0n) is 9.57. The number of urea groups is 1. The smallest absolute Gasteiger partial charge is 0.327 e. The number of β-amino-alcohol motifs (C(OH)–C–C–N with tert-alkyl or cyclic N) is 1. The lowest BCUT2D eigenvalue weighted by molar-refractivity contribution is -0.141. The molecule has 2 saturated heterocycles. The zero-order chi connectivity index (χ0) is 12.6. The predicted octanol–water partition coefficient (Wildman–Crippen LogP) is 0.0210. The molecule has 2 aliphatic rings. The summed E-state index contributed by atoms with van der Waals surface area (Å²) in [7, 11) is 0. The standard InChI is InChI=1S/C10H16N2O4S/c1-6-12(8(5-17-6)9(14)15)10(16)11-3-2-7(13)4-11/h6-8,13H,2-5H2,1H3,(H,14,15). The predicted molar refractivity (Wildman–Crippen MR) is 62.8 cm³/mol. The minimum Gasteiger partial charge on any atom is -0.480 e. The van der Waals surface area contributed by atoms with Gasteiger partial charge in [0.1, 0.15) is 6.04 Å². The Morgan fingerprint density at radius 2 is 2.12 bits per heavy atom. The van der Waals surface area contributed by atoms with Crippen molar-refractivity contribution in [2.24, 2.45) is 0 Å². The van der Waals surface area contributed by atoms with Gasteiger partial charge in [0.15, 0.2) is 0 Å². The summed E-state index contributed by atoms with van der Waals surface area (Å²) < 4.78 is 0. The van der Waals surface area contributed by atoms with E-state index >= 15 is 0 Å². The van der Waals surface area contributed by atoms with Crippen LogP contribution in [0.1, 0.15) is 13.3 Å². The lowest BCUT2D eigenvalue weighted by Gasteiger charge is -2.29. The Hall–Kier alpha value is -0.950. The van der Waals surface area contributed by atoms with Gasteiger partial charge in [-0.15, -0.1) is 11.8 Å². The molecule has 2 rings (SSSR count). The molecule has 0 aromatic rings. The molecule has 2 heterocycles. The molecule has 7 heteroatoms. The summed E-state index contributed by atoms with van der Waals surface area (Å²) in [5.74, 6) is -0.534. The van der Waals surface area contributed by atoms with Crippen molar-refractivity contribution < 1.29 is 19.8 Å². The molecule has 2 N–H and O–H groups in total. The van der Waals surface area contributed by atoms with Crippen molar-refractivity contribution in [3.63, 3.8) is 0 Å². The maximum atomic E-state index is 12.2. The number of carboxylic acids is 1. The minimum atomic E-state index is -0.963. The third kappa shape index (κ3) is 2.35. The fourth-order valence-electron chi connectivity index (χ4n) is 2.20. The maximum absolute atomic E-state index is 12.2. The number of carboxylic acid groups (broad SMARTS) is 1. The highest BCUT2D eigenvalue weighted by atomic mass is 32.2. The van der Waals surface area contributed by atoms with Crippen LogP contribution in [0.2, 0.25) is 0 Å². The second-order valence-corrected chi connectivity index (χ2v) is 5.71. The Kier molecular flexibility index (Phi) is 3.48. The lowest BCUT2D eigenvalue weighted by Crippen LogP contribution is -2.50. The zero-order valence-corrected chi connectivity index (χ0v) is 10.4. The first-order valence-corrected chi connectivity index (χ1v) is 6.65. The number of rotatable bonds is 1. The van der Waals surface area contributed by atoms with E-state index in [4.69, 9.17) is 5.11 Å². The van der Waals surface area contributed by atoms with Gasteiger partial charge >= 0.3 is 12.0 Å². The van der Waals surface area contributed by atoms with Gasteiger partial charge in [-0.2, -0.15) is 0 Å². The molecule has 0 radical (unpaired) electrons. The molecular weight excluding hydrogens is 244 g/mol. The van der Waals surface area contributed by atoms with Crippen LogP contribution >= 0.6 is 11.8 Å². The highest BCUT2D eigenvalue weighted by Gasteiger charge is 2.42. The topological polar surface area (TPSA) is 81.1 Å². The van der Waals surface area contributed by atoms with E-state index in [-0.39, 0.29) is 11.4 Å². The molecule has 2 amide bonds. The average molecular weight is 260 g/mol. The van der Waals surface area contributed by atoms with Gasteiger partial charge in [0.05, 0.1) is 11.5 Å². The van der Waals surface area contributed by atoms with Crippen LogP contribution in [0.25, 0.3) is 0 Å². The van der Waals surface area contributed by atoms with E-state index in [2.05, 4.69) is 0 Å². The van der Waals surface area contributed by atoms with Crippen LogP contribution in [-0.2, 0) is 4.79 Å². The number of carbonyl (C=O) groups excluding carboxylic acids is 1. The van der Waals surface area contributed by atoms with E-state index < -0.39 is 18.1 Å². The molecule has 0 spiro atoms. The van der Waals surface area contributed by atoms with E-state index in [1.807, 2.05) is 6.92 Å². The SMILES string of the molecule is CC1SCC(C(=O)O)N1C(=O)N1CCC(O)C1. The van der Waals surface area contributed by atoms with E-state index in [1.54, 1.807) is 0 Å². The van der Waals surface area contributed by atoms with Gasteiger partial charge in [-0.1, -0.05) is 0 Å². The molecule has 2 fully saturated rings. The molecule has 0 aromatic carbocycles. The van der Waals surface area contributed by atoms with Crippen LogP contribution < -0.4 is 0 Å². The maximum Gasteiger partial charge on any atom is 0.327 e. The summed E-state index contributed by atoms with van der Waals surface area (Å²) in [5, 5.41) is 18.3. The van der Waals surface area contributed by atoms with Crippen LogP contribution in [0.4, 0.5) is 4.79 Å². The third-order valence-electron chi connectivity index (χ3n) is 3.16. The number of aliphatic hydroxyl groups is 1. The Balaban J connectivity index is 2.09. The molecule has 0 aliphatic carbocycles. The van der Waals surface area contributed by atoms with Gasteiger partial charge in [0.2, 0.25) is 0 Å². The quantitative estimate of drug-likeness (QED) is 0.694. The first-order valence-electron chi connectivity index (χ1n) is 5.60.